The Labute approximate surface area is 157 Å². The monoisotopic (exact) mass is 359 g/mol. The van der Waals surface area contributed by atoms with E-state index in [9.17, 15) is 0 Å². The normalized spacial score (nSPS) is 21.8. The van der Waals surface area contributed by atoms with Crippen LogP contribution in [0.1, 0.15) is 31.7 Å². The molecule has 1 saturated heterocycles. The van der Waals surface area contributed by atoms with Crippen LogP contribution in [0.5, 0.6) is 0 Å². The Morgan fingerprint density at radius 2 is 2.08 bits per heavy atom. The molecule has 2 fully saturated rings. The highest BCUT2D eigenvalue weighted by atomic mass is 16.5. The second-order valence-corrected chi connectivity index (χ2v) is 7.48. The predicted octanol–water partition coefficient (Wildman–Crippen LogP) is 2.67. The van der Waals surface area contributed by atoms with Crippen molar-refractivity contribution in [2.24, 2.45) is 10.9 Å². The van der Waals surface area contributed by atoms with Gasteiger partial charge in [0.1, 0.15) is 0 Å². The minimum atomic E-state index is 0.268. The zero-order valence-electron chi connectivity index (χ0n) is 16.2. The van der Waals surface area contributed by atoms with E-state index >= 15 is 0 Å². The molecule has 1 heterocycles. The first-order valence-electron chi connectivity index (χ1n) is 9.93. The lowest BCUT2D eigenvalue weighted by molar-refractivity contribution is 0.0536. The summed E-state index contributed by atoms with van der Waals surface area (Å²) >= 11 is 0. The number of benzene rings is 1. The molecule has 2 aliphatic rings. The molecule has 0 spiro atoms. The molecule has 1 aliphatic carbocycles. The zero-order chi connectivity index (χ0) is 18.2. The first kappa shape index (κ1) is 19.2. The Morgan fingerprint density at radius 1 is 1.27 bits per heavy atom. The Kier molecular flexibility index (Phi) is 6.92. The molecule has 144 valence electrons. The van der Waals surface area contributed by atoms with Gasteiger partial charge in [0.25, 0.3) is 0 Å². The summed E-state index contributed by atoms with van der Waals surface area (Å²) in [5.74, 6) is 1.65. The predicted molar refractivity (Wildman–Crippen MR) is 106 cm³/mol. The number of rotatable bonds is 9. The van der Waals surface area contributed by atoms with Gasteiger partial charge in [-0.15, -0.1) is 0 Å². The molecule has 5 heteroatoms. The van der Waals surface area contributed by atoms with Crippen molar-refractivity contribution in [1.29, 1.82) is 0 Å². The number of likely N-dealkylation sites (tertiary alicyclic amines) is 1. The van der Waals surface area contributed by atoms with E-state index in [-0.39, 0.29) is 5.41 Å². The van der Waals surface area contributed by atoms with Crippen LogP contribution in [0.25, 0.3) is 0 Å². The lowest BCUT2D eigenvalue weighted by Crippen LogP contribution is -2.40. The number of hydrogen-bond donors (Lipinski definition) is 1. The maximum Gasteiger partial charge on any atom is 0.193 e. The summed E-state index contributed by atoms with van der Waals surface area (Å²) in [4.78, 5) is 7.42. The maximum atomic E-state index is 5.72. The molecule has 26 heavy (non-hydrogen) atoms. The number of methoxy groups -OCH3 is 1. The molecule has 0 aromatic heterocycles. The summed E-state index contributed by atoms with van der Waals surface area (Å²) in [5, 5.41) is 3.49. The van der Waals surface area contributed by atoms with Gasteiger partial charge >= 0.3 is 0 Å². The van der Waals surface area contributed by atoms with Crippen molar-refractivity contribution in [1.82, 2.24) is 10.2 Å². The smallest absolute Gasteiger partial charge is 0.193 e. The van der Waals surface area contributed by atoms with Gasteiger partial charge in [-0.3, -0.25) is 4.99 Å². The molecule has 1 saturated carbocycles. The van der Waals surface area contributed by atoms with Crippen LogP contribution in [-0.4, -0.2) is 64.0 Å². The molecule has 0 bridgehead atoms. The van der Waals surface area contributed by atoms with E-state index in [0.717, 1.165) is 38.7 Å². The fourth-order valence-electron chi connectivity index (χ4n) is 3.69. The largest absolute Gasteiger partial charge is 0.382 e. The van der Waals surface area contributed by atoms with E-state index in [1.54, 1.807) is 7.11 Å². The van der Waals surface area contributed by atoms with Gasteiger partial charge in [0.2, 0.25) is 0 Å². The highest BCUT2D eigenvalue weighted by Crippen LogP contribution is 2.48. The average Bonchev–Trinajstić information content (AvgIpc) is 3.33. The fourth-order valence-corrected chi connectivity index (χ4v) is 3.69. The number of guanidine groups is 1. The van der Waals surface area contributed by atoms with Gasteiger partial charge in [-0.05, 0) is 31.7 Å². The number of nitrogens with zero attached hydrogens (tertiary/aromatic N) is 2. The van der Waals surface area contributed by atoms with Gasteiger partial charge in [0.15, 0.2) is 5.96 Å². The van der Waals surface area contributed by atoms with E-state index in [0.29, 0.717) is 19.1 Å². The van der Waals surface area contributed by atoms with Crippen LogP contribution in [0.3, 0.4) is 0 Å². The van der Waals surface area contributed by atoms with Gasteiger partial charge in [0, 0.05) is 38.1 Å². The van der Waals surface area contributed by atoms with Crippen molar-refractivity contribution in [2.75, 3.05) is 53.1 Å². The molecule has 0 amide bonds. The first-order valence-corrected chi connectivity index (χ1v) is 9.93. The van der Waals surface area contributed by atoms with Crippen LogP contribution in [-0.2, 0) is 14.9 Å². The standard InChI is InChI=1S/C21H33N3O2/c1-3-22-20(24-12-9-18(15-24)16-26-14-13-25-2)23-17-21(10-11-21)19-7-5-4-6-8-19/h4-8,18H,3,9-17H2,1-2H3,(H,22,23). The lowest BCUT2D eigenvalue weighted by Gasteiger charge is -2.23. The summed E-state index contributed by atoms with van der Waals surface area (Å²) in [5.41, 5.74) is 1.70. The SMILES string of the molecule is CCNC(=NCC1(c2ccccc2)CC1)N1CCC(COCCOC)C1. The van der Waals surface area contributed by atoms with E-state index in [1.807, 2.05) is 0 Å². The van der Waals surface area contributed by atoms with E-state index < -0.39 is 0 Å². The lowest BCUT2D eigenvalue weighted by atomic mass is 9.96. The van der Waals surface area contributed by atoms with Crippen molar-refractivity contribution >= 4 is 5.96 Å². The van der Waals surface area contributed by atoms with E-state index in [1.165, 1.54) is 24.8 Å². The Balaban J connectivity index is 1.55. The van der Waals surface area contributed by atoms with Crippen LogP contribution < -0.4 is 5.32 Å². The molecule has 5 nitrogen and oxygen atoms in total. The van der Waals surface area contributed by atoms with Crippen LogP contribution in [0.2, 0.25) is 0 Å². The maximum absolute atomic E-state index is 5.72. The number of aliphatic imine (C=N–C) groups is 1. The Hall–Kier alpha value is -1.59. The van der Waals surface area contributed by atoms with Crippen molar-refractivity contribution in [2.45, 2.75) is 31.6 Å². The zero-order valence-corrected chi connectivity index (χ0v) is 16.2. The van der Waals surface area contributed by atoms with Crippen molar-refractivity contribution in [3.8, 4) is 0 Å². The van der Waals surface area contributed by atoms with Gasteiger partial charge in [0.05, 0.1) is 26.4 Å². The first-order chi connectivity index (χ1) is 12.8. The average molecular weight is 360 g/mol. The van der Waals surface area contributed by atoms with Crippen LogP contribution in [0.4, 0.5) is 0 Å². The van der Waals surface area contributed by atoms with Crippen LogP contribution in [0.15, 0.2) is 35.3 Å². The fraction of sp³-hybridized carbons (Fsp3) is 0.667. The molecule has 1 aliphatic heterocycles. The topological polar surface area (TPSA) is 46.1 Å². The number of hydrogen-bond acceptors (Lipinski definition) is 3. The van der Waals surface area contributed by atoms with Crippen molar-refractivity contribution in [3.63, 3.8) is 0 Å². The molecule has 0 radical (unpaired) electrons. The third-order valence-corrected chi connectivity index (χ3v) is 5.48. The Bertz CT molecular complexity index is 572. The molecule has 1 N–H and O–H groups in total. The van der Waals surface area contributed by atoms with Gasteiger partial charge in [-0.2, -0.15) is 0 Å². The number of ether oxygens (including phenoxy) is 2. The molecule has 1 aromatic carbocycles. The second kappa shape index (κ2) is 9.38. The third-order valence-electron chi connectivity index (χ3n) is 5.48. The third kappa shape index (κ3) is 4.98. The van der Waals surface area contributed by atoms with Crippen LogP contribution >= 0.6 is 0 Å². The summed E-state index contributed by atoms with van der Waals surface area (Å²) in [7, 11) is 1.71. The van der Waals surface area contributed by atoms with Crippen LogP contribution in [0, 0.1) is 5.92 Å². The summed E-state index contributed by atoms with van der Waals surface area (Å²) < 4.78 is 10.8. The summed E-state index contributed by atoms with van der Waals surface area (Å²) in [6.45, 7) is 8.17. The second-order valence-electron chi connectivity index (χ2n) is 7.48. The minimum absolute atomic E-state index is 0.268. The quantitative estimate of drug-likeness (QED) is 0.418. The van der Waals surface area contributed by atoms with Gasteiger partial charge in [-0.1, -0.05) is 30.3 Å². The van der Waals surface area contributed by atoms with E-state index in [2.05, 4.69) is 47.5 Å². The number of nitrogens with one attached hydrogen (secondary N) is 1. The highest BCUT2D eigenvalue weighted by Gasteiger charge is 2.44. The van der Waals surface area contributed by atoms with Crippen molar-refractivity contribution < 1.29 is 9.47 Å². The highest BCUT2D eigenvalue weighted by molar-refractivity contribution is 5.80. The minimum Gasteiger partial charge on any atom is -0.382 e. The van der Waals surface area contributed by atoms with Gasteiger partial charge < -0.3 is 19.7 Å². The molecule has 3 rings (SSSR count). The molecule has 1 aromatic rings. The van der Waals surface area contributed by atoms with E-state index in [4.69, 9.17) is 14.5 Å². The molecule has 1 unspecified atom stereocenters. The molecular formula is C21H33N3O2. The molecular weight excluding hydrogens is 326 g/mol. The molecule has 1 atom stereocenters. The summed E-state index contributed by atoms with van der Waals surface area (Å²) in [6, 6.07) is 10.9. The van der Waals surface area contributed by atoms with Crippen molar-refractivity contribution in [3.05, 3.63) is 35.9 Å². The van der Waals surface area contributed by atoms with Gasteiger partial charge in [-0.25, -0.2) is 0 Å². The Morgan fingerprint density at radius 3 is 2.77 bits per heavy atom. The summed E-state index contributed by atoms with van der Waals surface area (Å²) in [6.07, 6.45) is 3.66.